The molecule has 0 aromatic carbocycles. The zero-order valence-electron chi connectivity index (χ0n) is 14.5. The summed E-state index contributed by atoms with van der Waals surface area (Å²) >= 11 is 0. The summed E-state index contributed by atoms with van der Waals surface area (Å²) in [5.74, 6) is 1.19. The molecule has 0 radical (unpaired) electrons. The van der Waals surface area contributed by atoms with Crippen LogP contribution in [0.5, 0.6) is 0 Å². The number of nitrogens with zero attached hydrogens (tertiary/aromatic N) is 3. The number of rotatable bonds is 6. The molecule has 1 unspecified atom stereocenters. The standard InChI is InChI=1S/C18H33N3O/c1-15-7-10-19(11-8-15)12-13-20-9-3-4-18(20)14-21(16(2)22)17-5-6-17/h15,17-18H,3-14H2,1-2H3. The third kappa shape index (κ3) is 4.23. The van der Waals surface area contributed by atoms with Crippen molar-refractivity contribution in [3.05, 3.63) is 0 Å². The Labute approximate surface area is 135 Å². The molecule has 2 aliphatic heterocycles. The van der Waals surface area contributed by atoms with Crippen LogP contribution in [0.3, 0.4) is 0 Å². The Morgan fingerprint density at radius 2 is 1.77 bits per heavy atom. The van der Waals surface area contributed by atoms with E-state index >= 15 is 0 Å². The van der Waals surface area contributed by atoms with Gasteiger partial charge in [-0.1, -0.05) is 6.92 Å². The maximum absolute atomic E-state index is 11.9. The van der Waals surface area contributed by atoms with E-state index in [4.69, 9.17) is 0 Å². The van der Waals surface area contributed by atoms with Gasteiger partial charge in [0.2, 0.25) is 5.91 Å². The average molecular weight is 307 g/mol. The molecule has 1 atom stereocenters. The van der Waals surface area contributed by atoms with E-state index in [2.05, 4.69) is 21.6 Å². The van der Waals surface area contributed by atoms with E-state index < -0.39 is 0 Å². The van der Waals surface area contributed by atoms with Crippen molar-refractivity contribution < 1.29 is 4.79 Å². The number of hydrogen-bond donors (Lipinski definition) is 0. The third-order valence-corrected chi connectivity index (χ3v) is 5.88. The van der Waals surface area contributed by atoms with Gasteiger partial charge in [-0.15, -0.1) is 0 Å². The summed E-state index contributed by atoms with van der Waals surface area (Å²) in [4.78, 5) is 19.3. The molecule has 1 amide bonds. The maximum atomic E-state index is 11.9. The quantitative estimate of drug-likeness (QED) is 0.752. The summed E-state index contributed by atoms with van der Waals surface area (Å²) in [5.41, 5.74) is 0. The van der Waals surface area contributed by atoms with E-state index in [1.807, 2.05) is 0 Å². The van der Waals surface area contributed by atoms with Crippen LogP contribution < -0.4 is 0 Å². The van der Waals surface area contributed by atoms with Gasteiger partial charge in [-0.05, 0) is 64.1 Å². The van der Waals surface area contributed by atoms with Gasteiger partial charge in [0.15, 0.2) is 0 Å². The first-order valence-electron chi connectivity index (χ1n) is 9.37. The van der Waals surface area contributed by atoms with Gasteiger partial charge in [-0.25, -0.2) is 0 Å². The number of hydrogen-bond acceptors (Lipinski definition) is 3. The van der Waals surface area contributed by atoms with E-state index in [0.29, 0.717) is 12.1 Å². The van der Waals surface area contributed by atoms with Crippen molar-refractivity contribution in [1.29, 1.82) is 0 Å². The van der Waals surface area contributed by atoms with Crippen molar-refractivity contribution >= 4 is 5.91 Å². The van der Waals surface area contributed by atoms with Crippen molar-refractivity contribution in [2.75, 3.05) is 39.3 Å². The fourth-order valence-electron chi connectivity index (χ4n) is 4.10. The van der Waals surface area contributed by atoms with Crippen molar-refractivity contribution in [1.82, 2.24) is 14.7 Å². The number of carbonyl (C=O) groups excluding carboxylic acids is 1. The second-order valence-electron chi connectivity index (χ2n) is 7.76. The Morgan fingerprint density at radius 3 is 2.41 bits per heavy atom. The normalized spacial score (nSPS) is 28.2. The fourth-order valence-corrected chi connectivity index (χ4v) is 4.10. The van der Waals surface area contributed by atoms with Crippen LogP contribution >= 0.6 is 0 Å². The summed E-state index contributed by atoms with van der Waals surface area (Å²) in [6, 6.07) is 1.16. The molecule has 3 rings (SSSR count). The van der Waals surface area contributed by atoms with E-state index in [9.17, 15) is 4.79 Å². The molecular weight excluding hydrogens is 274 g/mol. The van der Waals surface area contributed by atoms with Crippen molar-refractivity contribution in [2.45, 2.75) is 64.5 Å². The predicted octanol–water partition coefficient (Wildman–Crippen LogP) is 2.19. The molecule has 0 aromatic heterocycles. The van der Waals surface area contributed by atoms with Gasteiger partial charge in [0.05, 0.1) is 0 Å². The number of piperidine rings is 1. The average Bonchev–Trinajstić information content (AvgIpc) is 3.24. The topological polar surface area (TPSA) is 26.8 Å². The molecule has 3 aliphatic rings. The molecule has 4 nitrogen and oxygen atoms in total. The molecule has 0 spiro atoms. The Morgan fingerprint density at radius 1 is 1.05 bits per heavy atom. The van der Waals surface area contributed by atoms with Crippen LogP contribution in [0.2, 0.25) is 0 Å². The van der Waals surface area contributed by atoms with Crippen LogP contribution in [-0.4, -0.2) is 72.0 Å². The van der Waals surface area contributed by atoms with Gasteiger partial charge in [0.25, 0.3) is 0 Å². The Kier molecular flexibility index (Phi) is 5.40. The van der Waals surface area contributed by atoms with Gasteiger partial charge in [0.1, 0.15) is 0 Å². The van der Waals surface area contributed by atoms with Crippen LogP contribution in [0.15, 0.2) is 0 Å². The monoisotopic (exact) mass is 307 g/mol. The molecule has 1 saturated carbocycles. The lowest BCUT2D eigenvalue weighted by molar-refractivity contribution is -0.130. The minimum absolute atomic E-state index is 0.277. The van der Waals surface area contributed by atoms with Crippen LogP contribution in [0.25, 0.3) is 0 Å². The van der Waals surface area contributed by atoms with Gasteiger partial charge in [-0.2, -0.15) is 0 Å². The summed E-state index contributed by atoms with van der Waals surface area (Å²) in [5, 5.41) is 0. The summed E-state index contributed by atoms with van der Waals surface area (Å²) in [6.45, 7) is 11.3. The number of likely N-dealkylation sites (tertiary alicyclic amines) is 2. The first-order valence-corrected chi connectivity index (χ1v) is 9.37. The smallest absolute Gasteiger partial charge is 0.219 e. The highest BCUT2D eigenvalue weighted by Gasteiger charge is 2.35. The van der Waals surface area contributed by atoms with Crippen LogP contribution in [0.4, 0.5) is 0 Å². The molecule has 0 N–H and O–H groups in total. The van der Waals surface area contributed by atoms with Gasteiger partial charge in [0, 0.05) is 38.6 Å². The Bertz CT molecular complexity index is 375. The van der Waals surface area contributed by atoms with Crippen LogP contribution in [0.1, 0.15) is 52.4 Å². The second kappa shape index (κ2) is 7.31. The van der Waals surface area contributed by atoms with Crippen molar-refractivity contribution in [2.24, 2.45) is 5.92 Å². The Balaban J connectivity index is 1.45. The van der Waals surface area contributed by atoms with Crippen molar-refractivity contribution in [3.8, 4) is 0 Å². The zero-order chi connectivity index (χ0) is 15.5. The van der Waals surface area contributed by atoms with Crippen LogP contribution in [-0.2, 0) is 4.79 Å². The number of carbonyl (C=O) groups is 1. The molecule has 2 saturated heterocycles. The first-order chi connectivity index (χ1) is 10.6. The Hall–Kier alpha value is -0.610. The van der Waals surface area contributed by atoms with E-state index in [1.54, 1.807) is 6.92 Å². The number of amides is 1. The summed E-state index contributed by atoms with van der Waals surface area (Å²) in [7, 11) is 0. The SMILES string of the molecule is CC(=O)N(CC1CCCN1CCN1CCC(C)CC1)C1CC1. The molecular formula is C18H33N3O. The van der Waals surface area contributed by atoms with Crippen molar-refractivity contribution in [3.63, 3.8) is 0 Å². The highest BCUT2D eigenvalue weighted by Crippen LogP contribution is 2.29. The molecule has 0 bridgehead atoms. The predicted molar refractivity (Wildman–Crippen MR) is 89.8 cm³/mol. The minimum Gasteiger partial charge on any atom is -0.338 e. The second-order valence-corrected chi connectivity index (χ2v) is 7.76. The highest BCUT2D eigenvalue weighted by atomic mass is 16.2. The molecule has 1 aliphatic carbocycles. The lowest BCUT2D eigenvalue weighted by atomic mass is 9.99. The molecule has 126 valence electrons. The molecule has 3 fully saturated rings. The van der Waals surface area contributed by atoms with E-state index in [1.165, 1.54) is 71.2 Å². The fraction of sp³-hybridized carbons (Fsp3) is 0.944. The largest absolute Gasteiger partial charge is 0.338 e. The minimum atomic E-state index is 0.277. The van der Waals surface area contributed by atoms with E-state index in [-0.39, 0.29) is 5.91 Å². The highest BCUT2D eigenvalue weighted by molar-refractivity contribution is 5.74. The third-order valence-electron chi connectivity index (χ3n) is 5.88. The van der Waals surface area contributed by atoms with Gasteiger partial charge >= 0.3 is 0 Å². The molecule has 4 heteroatoms. The molecule has 0 aromatic rings. The molecule has 22 heavy (non-hydrogen) atoms. The molecule has 2 heterocycles. The van der Waals surface area contributed by atoms with Gasteiger partial charge < -0.3 is 9.80 Å². The maximum Gasteiger partial charge on any atom is 0.219 e. The lowest BCUT2D eigenvalue weighted by Crippen LogP contribution is -2.46. The summed E-state index contributed by atoms with van der Waals surface area (Å²) in [6.07, 6.45) is 7.74. The zero-order valence-corrected chi connectivity index (χ0v) is 14.5. The van der Waals surface area contributed by atoms with E-state index in [0.717, 1.165) is 12.5 Å². The first kappa shape index (κ1) is 16.3. The van der Waals surface area contributed by atoms with Crippen LogP contribution in [0, 0.1) is 5.92 Å². The van der Waals surface area contributed by atoms with Gasteiger partial charge in [-0.3, -0.25) is 9.69 Å². The summed E-state index contributed by atoms with van der Waals surface area (Å²) < 4.78 is 0. The lowest BCUT2D eigenvalue weighted by Gasteiger charge is -2.34.